The summed E-state index contributed by atoms with van der Waals surface area (Å²) in [5.41, 5.74) is 0.389. The number of carbonyl (C=O) groups is 3. The van der Waals surface area contributed by atoms with Gasteiger partial charge in [0.05, 0.1) is 12.6 Å². The Morgan fingerprint density at radius 1 is 1.07 bits per heavy atom. The van der Waals surface area contributed by atoms with Crippen LogP contribution < -0.4 is 5.32 Å². The molecule has 1 saturated heterocycles. The van der Waals surface area contributed by atoms with Crippen molar-refractivity contribution in [3.63, 3.8) is 0 Å². The third kappa shape index (κ3) is 7.83. The molecule has 2 aromatic rings. The Bertz CT molecular complexity index is 1170. The molecule has 3 atom stereocenters. The minimum atomic E-state index is -0.752. The molecule has 0 bridgehead atoms. The number of benzene rings is 1. The Labute approximate surface area is 243 Å². The maximum absolute atomic E-state index is 14.2. The molecule has 4 rings (SSSR count). The number of ether oxygens (including phenoxy) is 1. The van der Waals surface area contributed by atoms with Gasteiger partial charge in [0.1, 0.15) is 17.7 Å². The molecule has 11 heteroatoms. The molecule has 2 heterocycles. The Morgan fingerprint density at radius 3 is 2.44 bits per heavy atom. The number of nitrogens with one attached hydrogen (secondary N) is 1. The first-order valence-electron chi connectivity index (χ1n) is 15.0. The summed E-state index contributed by atoms with van der Waals surface area (Å²) in [4.78, 5) is 45.3. The van der Waals surface area contributed by atoms with Crippen molar-refractivity contribution in [3.05, 3.63) is 41.7 Å². The van der Waals surface area contributed by atoms with Gasteiger partial charge in [0.15, 0.2) is 5.82 Å². The topological polar surface area (TPSA) is 123 Å². The third-order valence-electron chi connectivity index (χ3n) is 7.99. The first kappa shape index (κ1) is 30.5. The van der Waals surface area contributed by atoms with Gasteiger partial charge >= 0.3 is 6.09 Å². The normalized spacial score (nSPS) is 19.4. The van der Waals surface area contributed by atoms with Crippen LogP contribution in [-0.4, -0.2) is 79.2 Å². The summed E-state index contributed by atoms with van der Waals surface area (Å²) in [5.74, 6) is 0.110. The number of hydrogen-bond acceptors (Lipinski definition) is 7. The van der Waals surface area contributed by atoms with Gasteiger partial charge in [-0.2, -0.15) is 4.80 Å². The maximum Gasteiger partial charge on any atom is 0.410 e. The molecule has 224 valence electrons. The maximum atomic E-state index is 14.2. The van der Waals surface area contributed by atoms with Crippen LogP contribution in [0.15, 0.2) is 30.3 Å². The highest BCUT2D eigenvalue weighted by molar-refractivity contribution is 5.91. The molecule has 1 aromatic carbocycles. The molecule has 0 radical (unpaired) electrons. The predicted octanol–water partition coefficient (Wildman–Crippen LogP) is 4.10. The average Bonchev–Trinajstić information content (AvgIpc) is 3.61. The van der Waals surface area contributed by atoms with Gasteiger partial charge in [0.25, 0.3) is 0 Å². The highest BCUT2D eigenvalue weighted by atomic mass is 16.6. The van der Waals surface area contributed by atoms with Gasteiger partial charge in [-0.15, -0.1) is 10.2 Å². The third-order valence-corrected chi connectivity index (χ3v) is 7.99. The van der Waals surface area contributed by atoms with Crippen LogP contribution in [0.1, 0.15) is 96.5 Å². The van der Waals surface area contributed by atoms with E-state index in [2.05, 4.69) is 20.7 Å². The summed E-state index contributed by atoms with van der Waals surface area (Å²) in [6.45, 7) is 8.30. The van der Waals surface area contributed by atoms with Gasteiger partial charge in [-0.1, -0.05) is 56.5 Å². The highest BCUT2D eigenvalue weighted by Crippen LogP contribution is 2.33. The van der Waals surface area contributed by atoms with E-state index in [9.17, 15) is 14.4 Å². The van der Waals surface area contributed by atoms with Crippen LogP contribution in [0.5, 0.6) is 0 Å². The van der Waals surface area contributed by atoms with Crippen LogP contribution in [0.25, 0.3) is 0 Å². The van der Waals surface area contributed by atoms with Gasteiger partial charge in [-0.25, -0.2) is 4.79 Å². The second-order valence-corrected chi connectivity index (χ2v) is 12.3. The molecular weight excluding hydrogens is 522 g/mol. The quantitative estimate of drug-likeness (QED) is 0.484. The molecule has 1 saturated carbocycles. The Balaban J connectivity index is 1.50. The first-order valence-corrected chi connectivity index (χ1v) is 15.0. The van der Waals surface area contributed by atoms with Crippen LogP contribution >= 0.6 is 0 Å². The second kappa shape index (κ2) is 13.4. The Morgan fingerprint density at radius 2 is 1.78 bits per heavy atom. The van der Waals surface area contributed by atoms with Gasteiger partial charge in [-0.3, -0.25) is 14.5 Å². The lowest BCUT2D eigenvalue weighted by molar-refractivity contribution is -0.140. The Hall–Kier alpha value is -3.50. The monoisotopic (exact) mass is 567 g/mol. The van der Waals surface area contributed by atoms with E-state index in [-0.39, 0.29) is 23.8 Å². The lowest BCUT2D eigenvalue weighted by Crippen LogP contribution is -2.57. The van der Waals surface area contributed by atoms with E-state index in [4.69, 9.17) is 4.74 Å². The van der Waals surface area contributed by atoms with Gasteiger partial charge < -0.3 is 15.0 Å². The van der Waals surface area contributed by atoms with Crippen molar-refractivity contribution in [1.29, 1.82) is 0 Å². The molecular formula is C30H45N7O4. The van der Waals surface area contributed by atoms with E-state index in [0.29, 0.717) is 25.3 Å². The minimum Gasteiger partial charge on any atom is -0.444 e. The van der Waals surface area contributed by atoms with Gasteiger partial charge in [0.2, 0.25) is 11.8 Å². The van der Waals surface area contributed by atoms with E-state index < -0.39 is 23.8 Å². The summed E-state index contributed by atoms with van der Waals surface area (Å²) in [7, 11) is 1.57. The van der Waals surface area contributed by atoms with E-state index in [1.807, 2.05) is 42.2 Å². The number of likely N-dealkylation sites (tertiary alicyclic amines) is 1. The zero-order chi connectivity index (χ0) is 29.6. The van der Waals surface area contributed by atoms with Crippen molar-refractivity contribution in [3.8, 4) is 0 Å². The zero-order valence-electron chi connectivity index (χ0n) is 25.1. The molecule has 1 aliphatic heterocycles. The SMILES string of the molecule is CCC(C(=O)N[C@H](C(=O)N1CCC[C@H]1c1nnn(Cc2ccccc2)n1)C1CCCCC1)N(C)C(=O)OC(C)(C)C. The van der Waals surface area contributed by atoms with Crippen LogP contribution in [0.3, 0.4) is 0 Å². The molecule has 1 aromatic heterocycles. The van der Waals surface area contributed by atoms with Crippen molar-refractivity contribution >= 4 is 17.9 Å². The fourth-order valence-electron chi connectivity index (χ4n) is 5.87. The summed E-state index contributed by atoms with van der Waals surface area (Å²) in [6, 6.07) is 8.21. The number of likely N-dealkylation sites (N-methyl/N-ethyl adjacent to an activating group) is 1. The van der Waals surface area contributed by atoms with Crippen molar-refractivity contribution in [2.45, 2.75) is 109 Å². The molecule has 41 heavy (non-hydrogen) atoms. The first-order chi connectivity index (χ1) is 19.6. The number of nitrogens with zero attached hydrogens (tertiary/aromatic N) is 6. The molecule has 3 amide bonds. The van der Waals surface area contributed by atoms with E-state index >= 15 is 0 Å². The summed E-state index contributed by atoms with van der Waals surface area (Å²) in [6.07, 6.45) is 6.33. The van der Waals surface area contributed by atoms with Crippen LogP contribution in [0.2, 0.25) is 0 Å². The van der Waals surface area contributed by atoms with Crippen LogP contribution in [-0.2, 0) is 20.9 Å². The number of rotatable bonds is 9. The number of hydrogen-bond donors (Lipinski definition) is 1. The minimum absolute atomic E-state index is 0.0347. The molecule has 2 aliphatic rings. The molecule has 11 nitrogen and oxygen atoms in total. The van der Waals surface area contributed by atoms with Crippen molar-refractivity contribution < 1.29 is 19.1 Å². The second-order valence-electron chi connectivity index (χ2n) is 12.3. The number of carbonyl (C=O) groups excluding carboxylic acids is 3. The smallest absolute Gasteiger partial charge is 0.410 e. The standard InChI is InChI=1S/C30H45N7O4/c1-6-23(35(5)29(40)41-30(2,3)4)27(38)31-25(22-16-11-8-12-17-22)28(39)36-19-13-18-24(36)26-32-34-37(33-26)20-21-14-9-7-10-15-21/h7,9-10,14-15,22-25H,6,8,11-13,16-20H2,1-5H3,(H,31,38)/t23?,24-,25-/m0/s1. The van der Waals surface area contributed by atoms with Crippen LogP contribution in [0, 0.1) is 5.92 Å². The molecule has 2 fully saturated rings. The largest absolute Gasteiger partial charge is 0.444 e. The lowest BCUT2D eigenvalue weighted by Gasteiger charge is -2.36. The average molecular weight is 568 g/mol. The molecule has 1 aliphatic carbocycles. The fraction of sp³-hybridized carbons (Fsp3) is 0.667. The highest BCUT2D eigenvalue weighted by Gasteiger charge is 2.41. The van der Waals surface area contributed by atoms with Gasteiger partial charge in [0, 0.05) is 13.6 Å². The molecule has 1 unspecified atom stereocenters. The van der Waals surface area contributed by atoms with Crippen LogP contribution in [0.4, 0.5) is 4.79 Å². The lowest BCUT2D eigenvalue weighted by atomic mass is 9.83. The predicted molar refractivity (Wildman–Crippen MR) is 154 cm³/mol. The van der Waals surface area contributed by atoms with Crippen molar-refractivity contribution in [2.75, 3.05) is 13.6 Å². The summed E-state index contributed by atoms with van der Waals surface area (Å²) < 4.78 is 5.50. The van der Waals surface area contributed by atoms with E-state index in [0.717, 1.165) is 50.5 Å². The Kier molecular flexibility index (Phi) is 9.99. The molecule has 1 N–H and O–H groups in total. The summed E-state index contributed by atoms with van der Waals surface area (Å²) in [5, 5.41) is 16.3. The zero-order valence-corrected chi connectivity index (χ0v) is 25.1. The van der Waals surface area contributed by atoms with Crippen molar-refractivity contribution in [2.24, 2.45) is 5.92 Å². The number of aromatic nitrogens is 4. The van der Waals surface area contributed by atoms with Gasteiger partial charge in [-0.05, 0) is 69.6 Å². The summed E-state index contributed by atoms with van der Waals surface area (Å²) >= 11 is 0. The molecule has 0 spiro atoms. The number of amides is 3. The van der Waals surface area contributed by atoms with E-state index in [1.165, 1.54) is 4.90 Å². The van der Waals surface area contributed by atoms with Crippen molar-refractivity contribution in [1.82, 2.24) is 35.3 Å². The fourth-order valence-corrected chi connectivity index (χ4v) is 5.87. The van der Waals surface area contributed by atoms with E-state index in [1.54, 1.807) is 32.6 Å². The number of tetrazole rings is 1.